The lowest BCUT2D eigenvalue weighted by molar-refractivity contribution is 0.474. The lowest BCUT2D eigenvalue weighted by Crippen LogP contribution is -2.17. The number of benzene rings is 1. The monoisotopic (exact) mass is 201 g/mol. The van der Waals surface area contributed by atoms with Gasteiger partial charge in [0.1, 0.15) is 5.75 Å². The summed E-state index contributed by atoms with van der Waals surface area (Å²) < 4.78 is 21.2. The molecule has 5 heteroatoms. The van der Waals surface area contributed by atoms with Gasteiger partial charge in [-0.25, -0.2) is 13.6 Å². The van der Waals surface area contributed by atoms with Gasteiger partial charge in [0.05, 0.1) is 5.75 Å². The average Bonchev–Trinajstić information content (AvgIpc) is 2.00. The molecule has 0 fully saturated rings. The largest absolute Gasteiger partial charge is 0.508 e. The zero-order valence-electron chi connectivity index (χ0n) is 6.97. The van der Waals surface area contributed by atoms with Crippen LogP contribution in [0, 0.1) is 0 Å². The van der Waals surface area contributed by atoms with Crippen LogP contribution in [0.15, 0.2) is 24.3 Å². The van der Waals surface area contributed by atoms with E-state index in [0.29, 0.717) is 6.42 Å². The topological polar surface area (TPSA) is 80.4 Å². The standard InChI is InChI=1S/C8H11NO3S/c9-13(11,12)5-4-7-2-1-3-8(10)6-7/h1-3,6,10H,4-5H2,(H2,9,11,12). The van der Waals surface area contributed by atoms with E-state index in [0.717, 1.165) is 5.56 Å². The van der Waals surface area contributed by atoms with Crippen LogP contribution in [-0.4, -0.2) is 19.3 Å². The highest BCUT2D eigenvalue weighted by Gasteiger charge is 2.03. The van der Waals surface area contributed by atoms with Crippen LogP contribution in [-0.2, 0) is 16.4 Å². The third-order valence-corrected chi connectivity index (χ3v) is 2.36. The molecule has 0 saturated carbocycles. The highest BCUT2D eigenvalue weighted by Crippen LogP contribution is 2.11. The van der Waals surface area contributed by atoms with Crippen LogP contribution in [0.1, 0.15) is 5.56 Å². The van der Waals surface area contributed by atoms with Gasteiger partial charge in [-0.05, 0) is 24.1 Å². The number of aromatic hydroxyl groups is 1. The molecule has 0 aliphatic carbocycles. The number of phenols is 1. The Bertz CT molecular complexity index is 386. The van der Waals surface area contributed by atoms with Gasteiger partial charge in [-0.3, -0.25) is 0 Å². The van der Waals surface area contributed by atoms with Gasteiger partial charge < -0.3 is 5.11 Å². The summed E-state index contributed by atoms with van der Waals surface area (Å²) in [5, 5.41) is 13.9. The lowest BCUT2D eigenvalue weighted by atomic mass is 10.2. The van der Waals surface area contributed by atoms with E-state index in [1.54, 1.807) is 12.1 Å². The van der Waals surface area contributed by atoms with Gasteiger partial charge in [-0.15, -0.1) is 0 Å². The van der Waals surface area contributed by atoms with Gasteiger partial charge >= 0.3 is 0 Å². The quantitative estimate of drug-likeness (QED) is 0.734. The molecule has 4 nitrogen and oxygen atoms in total. The van der Waals surface area contributed by atoms with Crippen molar-refractivity contribution < 1.29 is 13.5 Å². The molecule has 0 aliphatic rings. The Kier molecular flexibility index (Phi) is 2.90. The predicted octanol–water partition coefficient (Wildman–Crippen LogP) is 0.223. The number of nitrogens with two attached hydrogens (primary N) is 1. The highest BCUT2D eigenvalue weighted by molar-refractivity contribution is 7.89. The summed E-state index contributed by atoms with van der Waals surface area (Å²) >= 11 is 0. The molecule has 72 valence electrons. The zero-order chi connectivity index (χ0) is 9.90. The summed E-state index contributed by atoms with van der Waals surface area (Å²) in [6.07, 6.45) is 0.327. The van der Waals surface area contributed by atoms with E-state index in [1.807, 2.05) is 0 Å². The van der Waals surface area contributed by atoms with Crippen LogP contribution < -0.4 is 5.14 Å². The van der Waals surface area contributed by atoms with Gasteiger partial charge in [0, 0.05) is 0 Å². The fourth-order valence-electron chi connectivity index (χ4n) is 0.972. The zero-order valence-corrected chi connectivity index (χ0v) is 7.79. The Morgan fingerprint density at radius 2 is 2.08 bits per heavy atom. The molecular formula is C8H11NO3S. The third kappa shape index (κ3) is 3.91. The second kappa shape index (κ2) is 3.76. The summed E-state index contributed by atoms with van der Waals surface area (Å²) in [5.74, 6) is 0.0307. The van der Waals surface area contributed by atoms with E-state index in [2.05, 4.69) is 0 Å². The molecule has 0 unspecified atom stereocenters. The van der Waals surface area contributed by atoms with Crippen LogP contribution in [0.25, 0.3) is 0 Å². The number of phenolic OH excluding ortho intramolecular Hbond substituents is 1. The van der Waals surface area contributed by atoms with Gasteiger partial charge in [-0.1, -0.05) is 12.1 Å². The summed E-state index contributed by atoms with van der Waals surface area (Å²) in [5.41, 5.74) is 0.758. The van der Waals surface area contributed by atoms with E-state index in [-0.39, 0.29) is 11.5 Å². The molecule has 0 saturated heterocycles. The first-order valence-electron chi connectivity index (χ1n) is 3.76. The average molecular weight is 201 g/mol. The van der Waals surface area contributed by atoms with E-state index in [1.165, 1.54) is 12.1 Å². The summed E-state index contributed by atoms with van der Waals surface area (Å²) in [6.45, 7) is 0. The van der Waals surface area contributed by atoms with Gasteiger partial charge in [0.15, 0.2) is 0 Å². The number of primary sulfonamides is 1. The van der Waals surface area contributed by atoms with Crippen molar-refractivity contribution in [3.8, 4) is 5.75 Å². The smallest absolute Gasteiger partial charge is 0.209 e. The van der Waals surface area contributed by atoms with E-state index in [4.69, 9.17) is 10.2 Å². The Morgan fingerprint density at radius 1 is 1.38 bits per heavy atom. The lowest BCUT2D eigenvalue weighted by Gasteiger charge is -2.00. The van der Waals surface area contributed by atoms with E-state index in [9.17, 15) is 8.42 Å². The molecule has 0 spiro atoms. The first-order chi connectivity index (χ1) is 5.97. The van der Waals surface area contributed by atoms with Crippen molar-refractivity contribution in [1.82, 2.24) is 0 Å². The minimum Gasteiger partial charge on any atom is -0.508 e. The molecule has 1 aromatic rings. The molecule has 1 aromatic carbocycles. The Hall–Kier alpha value is -1.07. The van der Waals surface area contributed by atoms with Crippen molar-refractivity contribution in [2.24, 2.45) is 5.14 Å². The van der Waals surface area contributed by atoms with Crippen molar-refractivity contribution in [3.63, 3.8) is 0 Å². The SMILES string of the molecule is NS(=O)(=O)CCc1cccc(O)c1. The van der Waals surface area contributed by atoms with E-state index < -0.39 is 10.0 Å². The molecule has 0 atom stereocenters. The number of rotatable bonds is 3. The summed E-state index contributed by atoms with van der Waals surface area (Å²) in [6, 6.07) is 6.45. The van der Waals surface area contributed by atoms with Crippen molar-refractivity contribution in [2.45, 2.75) is 6.42 Å². The first-order valence-corrected chi connectivity index (χ1v) is 5.47. The molecule has 0 amide bonds. The molecule has 0 heterocycles. The summed E-state index contributed by atoms with van der Waals surface area (Å²) in [7, 11) is -3.42. The van der Waals surface area contributed by atoms with Crippen LogP contribution in [0.3, 0.4) is 0 Å². The summed E-state index contributed by atoms with van der Waals surface area (Å²) in [4.78, 5) is 0. The molecular weight excluding hydrogens is 190 g/mol. The highest BCUT2D eigenvalue weighted by atomic mass is 32.2. The van der Waals surface area contributed by atoms with Crippen molar-refractivity contribution in [3.05, 3.63) is 29.8 Å². The van der Waals surface area contributed by atoms with Crippen LogP contribution in [0.5, 0.6) is 5.75 Å². The second-order valence-corrected chi connectivity index (χ2v) is 4.52. The number of hydrogen-bond donors (Lipinski definition) is 2. The Balaban J connectivity index is 2.65. The Labute approximate surface area is 77.1 Å². The maximum atomic E-state index is 10.6. The van der Waals surface area contributed by atoms with Crippen LogP contribution in [0.4, 0.5) is 0 Å². The molecule has 0 bridgehead atoms. The van der Waals surface area contributed by atoms with Gasteiger partial charge in [0.25, 0.3) is 0 Å². The fraction of sp³-hybridized carbons (Fsp3) is 0.250. The maximum Gasteiger partial charge on any atom is 0.209 e. The molecule has 0 aromatic heterocycles. The van der Waals surface area contributed by atoms with Crippen molar-refractivity contribution in [2.75, 3.05) is 5.75 Å². The molecule has 0 aliphatic heterocycles. The minimum atomic E-state index is -3.42. The van der Waals surface area contributed by atoms with Gasteiger partial charge in [0.2, 0.25) is 10.0 Å². The minimum absolute atomic E-state index is 0.101. The number of aryl methyl sites for hydroxylation is 1. The van der Waals surface area contributed by atoms with E-state index >= 15 is 0 Å². The molecule has 13 heavy (non-hydrogen) atoms. The van der Waals surface area contributed by atoms with Crippen molar-refractivity contribution in [1.29, 1.82) is 0 Å². The molecule has 1 rings (SSSR count). The van der Waals surface area contributed by atoms with Gasteiger partial charge in [-0.2, -0.15) is 0 Å². The second-order valence-electron chi connectivity index (χ2n) is 2.79. The first kappa shape index (κ1) is 10.0. The maximum absolute atomic E-state index is 10.6. The molecule has 3 N–H and O–H groups in total. The predicted molar refractivity (Wildman–Crippen MR) is 49.8 cm³/mol. The van der Waals surface area contributed by atoms with Crippen LogP contribution >= 0.6 is 0 Å². The molecule has 0 radical (unpaired) electrons. The number of hydrogen-bond acceptors (Lipinski definition) is 3. The van der Waals surface area contributed by atoms with Crippen molar-refractivity contribution >= 4 is 10.0 Å². The third-order valence-electron chi connectivity index (χ3n) is 1.59. The Morgan fingerprint density at radius 3 is 2.62 bits per heavy atom. The van der Waals surface area contributed by atoms with Crippen LogP contribution in [0.2, 0.25) is 0 Å². The fourth-order valence-corrected chi connectivity index (χ4v) is 1.49. The number of sulfonamides is 1. The normalized spacial score (nSPS) is 11.5.